The average molecular weight is 219 g/mol. The van der Waals surface area contributed by atoms with Crippen LogP contribution in [0.5, 0.6) is 0 Å². The van der Waals surface area contributed by atoms with E-state index >= 15 is 0 Å². The molecule has 1 saturated heterocycles. The van der Waals surface area contributed by atoms with Gasteiger partial charge in [0.1, 0.15) is 0 Å². The van der Waals surface area contributed by atoms with Crippen LogP contribution >= 0.6 is 0 Å². The van der Waals surface area contributed by atoms with Gasteiger partial charge in [-0.2, -0.15) is 0 Å². The van der Waals surface area contributed by atoms with Crippen molar-refractivity contribution in [2.45, 2.75) is 45.6 Å². The Morgan fingerprint density at radius 2 is 2.00 bits per heavy atom. The molecule has 0 spiro atoms. The molecule has 1 heterocycles. The molecule has 3 saturated carbocycles. The van der Waals surface area contributed by atoms with E-state index in [1.807, 2.05) is 0 Å². The molecule has 3 aliphatic carbocycles. The Balaban J connectivity index is 1.56. The fourth-order valence-electron chi connectivity index (χ4n) is 4.50. The summed E-state index contributed by atoms with van der Waals surface area (Å²) in [5, 5.41) is 0. The van der Waals surface area contributed by atoms with Crippen LogP contribution in [0.25, 0.3) is 0 Å². The van der Waals surface area contributed by atoms with Gasteiger partial charge in [-0.05, 0) is 30.1 Å². The van der Waals surface area contributed by atoms with Gasteiger partial charge in [-0.25, -0.2) is 0 Å². The SMILES string of the molecule is CC12CC1(C)C2C(=O)N1C(=O)C2CCCC21. The monoisotopic (exact) mass is 219 g/mol. The second-order valence-corrected chi connectivity index (χ2v) is 6.60. The van der Waals surface area contributed by atoms with Crippen molar-refractivity contribution in [3.8, 4) is 0 Å². The van der Waals surface area contributed by atoms with Crippen LogP contribution in [0.2, 0.25) is 0 Å². The van der Waals surface area contributed by atoms with Crippen LogP contribution in [0.4, 0.5) is 0 Å². The molecular weight excluding hydrogens is 202 g/mol. The van der Waals surface area contributed by atoms with E-state index in [0.29, 0.717) is 0 Å². The molecule has 4 rings (SSSR count). The maximum absolute atomic E-state index is 12.3. The fraction of sp³-hybridized carbons (Fsp3) is 0.846. The third-order valence-electron chi connectivity index (χ3n) is 5.96. The number of β-lactam (4-membered cyclic amide) rings is 1. The molecule has 0 bridgehead atoms. The van der Waals surface area contributed by atoms with Gasteiger partial charge in [-0.1, -0.05) is 20.3 Å². The van der Waals surface area contributed by atoms with Gasteiger partial charge < -0.3 is 0 Å². The minimum absolute atomic E-state index is 0.117. The van der Waals surface area contributed by atoms with Gasteiger partial charge in [-0.3, -0.25) is 14.5 Å². The number of hydrogen-bond donors (Lipinski definition) is 0. The highest BCUT2D eigenvalue weighted by Crippen LogP contribution is 2.90. The van der Waals surface area contributed by atoms with Crippen LogP contribution < -0.4 is 0 Å². The van der Waals surface area contributed by atoms with E-state index in [0.717, 1.165) is 19.3 Å². The minimum atomic E-state index is 0.117. The average Bonchev–Trinajstić information content (AvgIpc) is 2.81. The van der Waals surface area contributed by atoms with Crippen LogP contribution in [0.1, 0.15) is 39.5 Å². The lowest BCUT2D eigenvalue weighted by Crippen LogP contribution is -2.61. The molecule has 2 amide bonds. The van der Waals surface area contributed by atoms with E-state index < -0.39 is 0 Å². The Morgan fingerprint density at radius 3 is 2.56 bits per heavy atom. The summed E-state index contributed by atoms with van der Waals surface area (Å²) in [5.41, 5.74) is 0.488. The van der Waals surface area contributed by atoms with Gasteiger partial charge in [-0.15, -0.1) is 0 Å². The van der Waals surface area contributed by atoms with Crippen LogP contribution in [0, 0.1) is 22.7 Å². The molecule has 3 heteroatoms. The number of nitrogens with zero attached hydrogens (tertiary/aromatic N) is 1. The molecule has 4 aliphatic rings. The predicted octanol–water partition coefficient (Wildman–Crippen LogP) is 1.57. The Bertz CT molecular complexity index is 418. The van der Waals surface area contributed by atoms with Gasteiger partial charge in [0.05, 0.1) is 17.9 Å². The molecule has 4 unspecified atom stereocenters. The smallest absolute Gasteiger partial charge is 0.234 e. The maximum Gasteiger partial charge on any atom is 0.234 e. The normalized spacial score (nSPS) is 56.5. The van der Waals surface area contributed by atoms with Crippen molar-refractivity contribution in [2.24, 2.45) is 22.7 Å². The van der Waals surface area contributed by atoms with Crippen molar-refractivity contribution in [3.63, 3.8) is 0 Å². The summed E-state index contributed by atoms with van der Waals surface area (Å²) in [7, 11) is 0. The first-order valence-corrected chi connectivity index (χ1v) is 6.38. The minimum Gasteiger partial charge on any atom is -0.278 e. The molecule has 4 fully saturated rings. The second-order valence-electron chi connectivity index (χ2n) is 6.60. The predicted molar refractivity (Wildman–Crippen MR) is 57.3 cm³/mol. The number of amides is 2. The molecule has 0 N–H and O–H groups in total. The van der Waals surface area contributed by atoms with E-state index in [2.05, 4.69) is 13.8 Å². The first kappa shape index (κ1) is 9.20. The number of carbonyl (C=O) groups excluding carboxylic acids is 2. The van der Waals surface area contributed by atoms with Crippen molar-refractivity contribution < 1.29 is 9.59 Å². The highest BCUT2D eigenvalue weighted by Gasteiger charge is 2.88. The molecule has 3 nitrogen and oxygen atoms in total. The molecule has 0 aromatic heterocycles. The van der Waals surface area contributed by atoms with E-state index in [9.17, 15) is 9.59 Å². The lowest BCUT2D eigenvalue weighted by atomic mass is 9.88. The van der Waals surface area contributed by atoms with Crippen molar-refractivity contribution in [1.29, 1.82) is 0 Å². The zero-order valence-electron chi connectivity index (χ0n) is 9.82. The topological polar surface area (TPSA) is 37.4 Å². The third kappa shape index (κ3) is 0.712. The van der Waals surface area contributed by atoms with Crippen LogP contribution in [0.15, 0.2) is 0 Å². The van der Waals surface area contributed by atoms with E-state index in [-0.39, 0.29) is 40.5 Å². The maximum atomic E-state index is 12.3. The zero-order chi connectivity index (χ0) is 11.3. The molecule has 16 heavy (non-hydrogen) atoms. The van der Waals surface area contributed by atoms with Gasteiger partial charge in [0, 0.05) is 0 Å². The highest BCUT2D eigenvalue weighted by molar-refractivity contribution is 6.05. The van der Waals surface area contributed by atoms with Crippen molar-refractivity contribution in [3.05, 3.63) is 0 Å². The summed E-state index contributed by atoms with van der Waals surface area (Å²) in [6, 6.07) is 0.271. The van der Waals surface area contributed by atoms with Gasteiger partial charge in [0.15, 0.2) is 0 Å². The van der Waals surface area contributed by atoms with Crippen molar-refractivity contribution in [2.75, 3.05) is 0 Å². The van der Waals surface area contributed by atoms with Gasteiger partial charge in [0.25, 0.3) is 0 Å². The standard InChI is InChI=1S/C13H17NO2/c1-12-6-13(12,2)9(12)11(16)14-8-5-3-4-7(8)10(14)15/h7-9H,3-6H2,1-2H3. The first-order valence-electron chi connectivity index (χ1n) is 6.38. The fourth-order valence-corrected chi connectivity index (χ4v) is 4.50. The van der Waals surface area contributed by atoms with Crippen molar-refractivity contribution in [1.82, 2.24) is 4.90 Å². The first-order chi connectivity index (χ1) is 7.51. The summed E-state index contributed by atoms with van der Waals surface area (Å²) in [5.74, 6) is 0.612. The number of rotatable bonds is 1. The zero-order valence-corrected chi connectivity index (χ0v) is 9.82. The molecule has 0 aromatic rings. The molecule has 0 aromatic carbocycles. The lowest BCUT2D eigenvalue weighted by Gasteiger charge is -2.42. The second kappa shape index (κ2) is 2.22. The van der Waals surface area contributed by atoms with Crippen LogP contribution in [0.3, 0.4) is 0 Å². The van der Waals surface area contributed by atoms with E-state index in [4.69, 9.17) is 0 Å². The Kier molecular flexibility index (Phi) is 1.28. The van der Waals surface area contributed by atoms with Gasteiger partial charge in [0.2, 0.25) is 11.8 Å². The molecule has 4 atom stereocenters. The summed E-state index contributed by atoms with van der Waals surface area (Å²) in [6.45, 7) is 4.37. The number of hydrogen-bond acceptors (Lipinski definition) is 2. The number of imide groups is 1. The van der Waals surface area contributed by atoms with Crippen LogP contribution in [-0.4, -0.2) is 22.8 Å². The quantitative estimate of drug-likeness (QED) is 0.496. The summed E-state index contributed by atoms with van der Waals surface area (Å²) in [4.78, 5) is 25.8. The van der Waals surface area contributed by atoms with Crippen molar-refractivity contribution >= 4 is 11.8 Å². The summed E-state index contributed by atoms with van der Waals surface area (Å²) in [6.07, 6.45) is 4.34. The number of carbonyl (C=O) groups is 2. The Hall–Kier alpha value is -0.860. The van der Waals surface area contributed by atoms with Crippen LogP contribution in [-0.2, 0) is 9.59 Å². The summed E-state index contributed by atoms with van der Waals surface area (Å²) >= 11 is 0. The lowest BCUT2D eigenvalue weighted by molar-refractivity contribution is -0.166. The number of fused-ring (bicyclic) bond motifs is 2. The number of likely N-dealkylation sites (tertiary alicyclic amines) is 1. The van der Waals surface area contributed by atoms with E-state index in [1.54, 1.807) is 4.90 Å². The molecular formula is C13H17NO2. The third-order valence-corrected chi connectivity index (χ3v) is 5.96. The largest absolute Gasteiger partial charge is 0.278 e. The molecule has 0 radical (unpaired) electrons. The van der Waals surface area contributed by atoms with Gasteiger partial charge >= 0.3 is 0 Å². The highest BCUT2D eigenvalue weighted by atomic mass is 16.2. The Morgan fingerprint density at radius 1 is 1.31 bits per heavy atom. The Labute approximate surface area is 95.2 Å². The molecule has 86 valence electrons. The summed E-state index contributed by atoms with van der Waals surface area (Å²) < 4.78 is 0. The van der Waals surface area contributed by atoms with E-state index in [1.165, 1.54) is 6.42 Å². The molecule has 1 aliphatic heterocycles.